The lowest BCUT2D eigenvalue weighted by Crippen LogP contribution is -2.04. The summed E-state index contributed by atoms with van der Waals surface area (Å²) in [7, 11) is 0. The molecule has 0 fully saturated rings. The van der Waals surface area contributed by atoms with Crippen molar-refractivity contribution < 1.29 is 19.1 Å². The Labute approximate surface area is 211 Å². The topological polar surface area (TPSA) is 98.2 Å². The van der Waals surface area contributed by atoms with Gasteiger partial charge in [-0.2, -0.15) is 0 Å². The van der Waals surface area contributed by atoms with Crippen LogP contribution in [0.5, 0.6) is 0 Å². The van der Waals surface area contributed by atoms with Crippen LogP contribution in [0.15, 0.2) is 102 Å². The number of nitrogens with zero attached hydrogens (tertiary/aromatic N) is 3. The quantitative estimate of drug-likeness (QED) is 0.257. The van der Waals surface area contributed by atoms with E-state index in [1.807, 2.05) is 84.9 Å². The van der Waals surface area contributed by atoms with Crippen molar-refractivity contribution in [3.8, 4) is 28.5 Å². The zero-order valence-electron chi connectivity index (χ0n) is 19.7. The van der Waals surface area contributed by atoms with E-state index in [1.165, 1.54) is 0 Å². The van der Waals surface area contributed by atoms with Crippen LogP contribution in [0, 0.1) is 0 Å². The number of benzene rings is 3. The summed E-state index contributed by atoms with van der Waals surface area (Å²) in [5.74, 6) is -0.0580. The first-order chi connectivity index (χ1) is 18.1. The monoisotopic (exact) mass is 487 g/mol. The third-order valence-electron chi connectivity index (χ3n) is 6.33. The van der Waals surface area contributed by atoms with Crippen LogP contribution >= 0.6 is 0 Å². The van der Waals surface area contributed by atoms with Gasteiger partial charge in [0.25, 0.3) is 0 Å². The maximum atomic E-state index is 12.9. The molecule has 6 aromatic rings. The summed E-state index contributed by atoms with van der Waals surface area (Å²) in [6, 6.07) is 27.1. The number of aromatic nitrogens is 3. The largest absolute Gasteiger partial charge is 0.481 e. The predicted molar refractivity (Wildman–Crippen MR) is 141 cm³/mol. The molecule has 37 heavy (non-hydrogen) atoms. The van der Waals surface area contributed by atoms with Gasteiger partial charge >= 0.3 is 5.97 Å². The summed E-state index contributed by atoms with van der Waals surface area (Å²) in [6.07, 6.45) is 3.06. The molecule has 0 amide bonds. The van der Waals surface area contributed by atoms with Gasteiger partial charge in [0.1, 0.15) is 5.76 Å². The van der Waals surface area contributed by atoms with E-state index in [-0.39, 0.29) is 18.6 Å². The highest BCUT2D eigenvalue weighted by atomic mass is 16.4. The van der Waals surface area contributed by atoms with Gasteiger partial charge in [-0.05, 0) is 36.4 Å². The van der Waals surface area contributed by atoms with Gasteiger partial charge in [0.05, 0.1) is 29.4 Å². The minimum atomic E-state index is -1.00. The van der Waals surface area contributed by atoms with Gasteiger partial charge in [0, 0.05) is 40.1 Å². The van der Waals surface area contributed by atoms with E-state index in [1.54, 1.807) is 17.0 Å². The fourth-order valence-corrected chi connectivity index (χ4v) is 4.56. The van der Waals surface area contributed by atoms with Crippen LogP contribution < -0.4 is 0 Å². The van der Waals surface area contributed by atoms with Crippen LogP contribution in [0.2, 0.25) is 0 Å². The van der Waals surface area contributed by atoms with E-state index in [0.29, 0.717) is 11.5 Å². The molecule has 180 valence electrons. The Hall–Kier alpha value is -5.04. The molecule has 0 spiro atoms. The van der Waals surface area contributed by atoms with Crippen LogP contribution in [0.1, 0.15) is 23.2 Å². The first-order valence-corrected chi connectivity index (χ1v) is 11.8. The number of rotatable bonds is 7. The summed E-state index contributed by atoms with van der Waals surface area (Å²) < 4.78 is 7.40. The second kappa shape index (κ2) is 9.20. The van der Waals surface area contributed by atoms with Gasteiger partial charge in [0.2, 0.25) is 5.95 Å². The van der Waals surface area contributed by atoms with Crippen molar-refractivity contribution in [2.45, 2.75) is 12.8 Å². The number of carboxylic acids is 1. The van der Waals surface area contributed by atoms with Crippen molar-refractivity contribution in [2.24, 2.45) is 0 Å². The Morgan fingerprint density at radius 1 is 0.811 bits per heavy atom. The van der Waals surface area contributed by atoms with Crippen molar-refractivity contribution in [1.29, 1.82) is 0 Å². The van der Waals surface area contributed by atoms with E-state index in [2.05, 4.69) is 0 Å². The molecule has 7 heteroatoms. The number of Topliss-reactive ketones (excluding diaryl/α,β-unsaturated/α-hetero) is 1. The maximum Gasteiger partial charge on any atom is 0.303 e. The molecule has 0 unspecified atom stereocenters. The summed E-state index contributed by atoms with van der Waals surface area (Å²) >= 11 is 0. The number of hydrogen-bond donors (Lipinski definition) is 1. The zero-order chi connectivity index (χ0) is 25.4. The molecule has 0 aliphatic carbocycles. The lowest BCUT2D eigenvalue weighted by Gasteiger charge is -2.11. The summed E-state index contributed by atoms with van der Waals surface area (Å²) in [4.78, 5) is 33.8. The van der Waals surface area contributed by atoms with E-state index >= 15 is 0 Å². The SMILES string of the molecule is O=C(O)CCC(=O)c1cn(-c2nc(-c3ccccc3)c3cc(-c4ccco4)ccc3n2)c2ccccc12. The second-order valence-electron chi connectivity index (χ2n) is 8.69. The Morgan fingerprint density at radius 2 is 1.62 bits per heavy atom. The number of aliphatic carboxylic acids is 1. The number of fused-ring (bicyclic) bond motifs is 2. The van der Waals surface area contributed by atoms with Crippen molar-refractivity contribution in [3.05, 3.63) is 103 Å². The van der Waals surface area contributed by atoms with E-state index in [9.17, 15) is 9.59 Å². The molecule has 0 aliphatic heterocycles. The van der Waals surface area contributed by atoms with Gasteiger partial charge in [-0.3, -0.25) is 14.2 Å². The number of carbonyl (C=O) groups is 2. The molecule has 3 aromatic heterocycles. The first kappa shape index (κ1) is 22.4. The Balaban J connectivity index is 1.56. The number of hydrogen-bond acceptors (Lipinski definition) is 5. The lowest BCUT2D eigenvalue weighted by atomic mass is 10.0. The molecule has 6 rings (SSSR count). The maximum absolute atomic E-state index is 12.9. The standard InChI is InChI=1S/C30H21N3O4/c34-26(14-15-28(35)36)23-18-33(25-10-5-4-9-21(23)25)30-31-24-13-12-20(27-11-6-16-37-27)17-22(24)29(32-30)19-7-2-1-3-8-19/h1-13,16-18H,14-15H2,(H,35,36). The predicted octanol–water partition coefficient (Wildman–Crippen LogP) is 6.55. The Kier molecular flexibility index (Phi) is 5.58. The molecular weight excluding hydrogens is 466 g/mol. The van der Waals surface area contributed by atoms with Crippen molar-refractivity contribution >= 4 is 33.6 Å². The van der Waals surface area contributed by atoms with Crippen molar-refractivity contribution in [3.63, 3.8) is 0 Å². The van der Waals surface area contributed by atoms with Crippen molar-refractivity contribution in [2.75, 3.05) is 0 Å². The molecule has 0 atom stereocenters. The van der Waals surface area contributed by atoms with Gasteiger partial charge in [-0.25, -0.2) is 9.97 Å². The van der Waals surface area contributed by atoms with Gasteiger partial charge in [0.15, 0.2) is 5.78 Å². The van der Waals surface area contributed by atoms with Crippen LogP contribution in [-0.4, -0.2) is 31.4 Å². The molecule has 0 radical (unpaired) electrons. The average Bonchev–Trinajstić information content (AvgIpc) is 3.60. The molecule has 1 N–H and O–H groups in total. The van der Waals surface area contributed by atoms with E-state index < -0.39 is 5.97 Å². The van der Waals surface area contributed by atoms with Crippen molar-refractivity contribution in [1.82, 2.24) is 14.5 Å². The number of furan rings is 1. The molecule has 0 saturated heterocycles. The van der Waals surface area contributed by atoms with Gasteiger partial charge in [-0.15, -0.1) is 0 Å². The smallest absolute Gasteiger partial charge is 0.303 e. The number of para-hydroxylation sites is 1. The highest BCUT2D eigenvalue weighted by molar-refractivity contribution is 6.09. The summed E-state index contributed by atoms with van der Waals surface area (Å²) in [5, 5.41) is 10.6. The molecular formula is C30H21N3O4. The molecule has 0 saturated carbocycles. The average molecular weight is 488 g/mol. The molecule has 3 heterocycles. The summed E-state index contributed by atoms with van der Waals surface area (Å²) in [6.45, 7) is 0. The number of carboxylic acid groups (broad SMARTS) is 1. The van der Waals surface area contributed by atoms with E-state index in [0.717, 1.165) is 44.4 Å². The zero-order valence-corrected chi connectivity index (χ0v) is 19.7. The Bertz CT molecular complexity index is 1770. The third kappa shape index (κ3) is 4.16. The summed E-state index contributed by atoms with van der Waals surface area (Å²) in [5.41, 5.74) is 4.58. The second-order valence-corrected chi connectivity index (χ2v) is 8.69. The normalized spacial score (nSPS) is 11.2. The van der Waals surface area contributed by atoms with Gasteiger partial charge in [-0.1, -0.05) is 48.5 Å². The number of carbonyl (C=O) groups excluding carboxylic acids is 1. The fourth-order valence-electron chi connectivity index (χ4n) is 4.56. The Morgan fingerprint density at radius 3 is 2.41 bits per heavy atom. The molecule has 0 aliphatic rings. The lowest BCUT2D eigenvalue weighted by molar-refractivity contribution is -0.136. The molecule has 3 aromatic carbocycles. The van der Waals surface area contributed by atoms with Gasteiger partial charge < -0.3 is 9.52 Å². The fraction of sp³-hybridized carbons (Fsp3) is 0.0667. The van der Waals surface area contributed by atoms with Crippen LogP contribution in [0.4, 0.5) is 0 Å². The minimum absolute atomic E-state index is 0.0766. The highest BCUT2D eigenvalue weighted by Crippen LogP contribution is 2.32. The highest BCUT2D eigenvalue weighted by Gasteiger charge is 2.19. The molecule has 0 bridgehead atoms. The van der Waals surface area contributed by atoms with Crippen LogP contribution in [-0.2, 0) is 4.79 Å². The molecule has 7 nitrogen and oxygen atoms in total. The van der Waals surface area contributed by atoms with Crippen LogP contribution in [0.25, 0.3) is 50.3 Å². The van der Waals surface area contributed by atoms with Crippen LogP contribution in [0.3, 0.4) is 0 Å². The third-order valence-corrected chi connectivity index (χ3v) is 6.33. The number of ketones is 1. The van der Waals surface area contributed by atoms with E-state index in [4.69, 9.17) is 19.5 Å². The minimum Gasteiger partial charge on any atom is -0.481 e. The first-order valence-electron chi connectivity index (χ1n) is 11.8.